The molecule has 0 N–H and O–H groups in total. The SMILES string of the molecule is Fc1ccc(OCCN2CCCC2)cc1. The van der Waals surface area contributed by atoms with Gasteiger partial charge in [-0.25, -0.2) is 4.39 Å². The summed E-state index contributed by atoms with van der Waals surface area (Å²) in [5.41, 5.74) is 0. The molecule has 1 heterocycles. The Morgan fingerprint density at radius 3 is 2.47 bits per heavy atom. The highest BCUT2D eigenvalue weighted by Gasteiger charge is 2.10. The molecule has 0 bridgehead atoms. The van der Waals surface area contributed by atoms with Crippen molar-refractivity contribution in [2.24, 2.45) is 0 Å². The second-order valence-electron chi connectivity index (χ2n) is 3.85. The summed E-state index contributed by atoms with van der Waals surface area (Å²) in [6.45, 7) is 4.03. The van der Waals surface area contributed by atoms with Gasteiger partial charge in [0.1, 0.15) is 18.2 Å². The summed E-state index contributed by atoms with van der Waals surface area (Å²) in [5, 5.41) is 0. The fraction of sp³-hybridized carbons (Fsp3) is 0.500. The van der Waals surface area contributed by atoms with Gasteiger partial charge in [-0.3, -0.25) is 4.90 Å². The second kappa shape index (κ2) is 5.12. The zero-order valence-electron chi connectivity index (χ0n) is 8.79. The molecule has 1 aromatic carbocycles. The number of hydrogen-bond donors (Lipinski definition) is 0. The highest BCUT2D eigenvalue weighted by molar-refractivity contribution is 5.21. The van der Waals surface area contributed by atoms with Gasteiger partial charge in [0.2, 0.25) is 0 Å². The first kappa shape index (κ1) is 10.4. The van der Waals surface area contributed by atoms with Crippen molar-refractivity contribution in [1.82, 2.24) is 4.90 Å². The van der Waals surface area contributed by atoms with Crippen molar-refractivity contribution in [2.45, 2.75) is 12.8 Å². The van der Waals surface area contributed by atoms with Gasteiger partial charge >= 0.3 is 0 Å². The predicted octanol–water partition coefficient (Wildman–Crippen LogP) is 2.30. The number of likely N-dealkylation sites (tertiary alicyclic amines) is 1. The zero-order chi connectivity index (χ0) is 10.5. The van der Waals surface area contributed by atoms with Gasteiger partial charge in [-0.05, 0) is 50.2 Å². The van der Waals surface area contributed by atoms with Crippen molar-refractivity contribution in [3.63, 3.8) is 0 Å². The lowest BCUT2D eigenvalue weighted by molar-refractivity contribution is 0.237. The standard InChI is InChI=1S/C12H16FNO/c13-11-3-5-12(6-4-11)15-10-9-14-7-1-2-8-14/h3-6H,1-2,7-10H2. The van der Waals surface area contributed by atoms with E-state index in [4.69, 9.17) is 4.74 Å². The van der Waals surface area contributed by atoms with Crippen LogP contribution in [0.3, 0.4) is 0 Å². The lowest BCUT2D eigenvalue weighted by atomic mass is 10.3. The third kappa shape index (κ3) is 3.20. The van der Waals surface area contributed by atoms with Crippen molar-refractivity contribution in [3.05, 3.63) is 30.1 Å². The lowest BCUT2D eigenvalue weighted by Gasteiger charge is -2.14. The molecule has 0 aromatic heterocycles. The van der Waals surface area contributed by atoms with Gasteiger partial charge in [0.25, 0.3) is 0 Å². The molecule has 82 valence electrons. The number of halogens is 1. The van der Waals surface area contributed by atoms with Crippen molar-refractivity contribution >= 4 is 0 Å². The van der Waals surface area contributed by atoms with E-state index in [1.54, 1.807) is 12.1 Å². The van der Waals surface area contributed by atoms with Crippen LogP contribution in [0.25, 0.3) is 0 Å². The quantitative estimate of drug-likeness (QED) is 0.754. The van der Waals surface area contributed by atoms with E-state index in [0.29, 0.717) is 6.61 Å². The summed E-state index contributed by atoms with van der Waals surface area (Å²) < 4.78 is 18.1. The van der Waals surface area contributed by atoms with Crippen molar-refractivity contribution < 1.29 is 9.13 Å². The molecule has 15 heavy (non-hydrogen) atoms. The first-order valence-electron chi connectivity index (χ1n) is 5.45. The number of benzene rings is 1. The summed E-state index contributed by atoms with van der Waals surface area (Å²) in [6.07, 6.45) is 2.60. The molecule has 1 fully saturated rings. The molecule has 1 aliphatic rings. The molecule has 0 aliphatic carbocycles. The molecule has 1 aliphatic heterocycles. The molecule has 2 nitrogen and oxygen atoms in total. The van der Waals surface area contributed by atoms with E-state index in [1.807, 2.05) is 0 Å². The van der Waals surface area contributed by atoms with Gasteiger partial charge < -0.3 is 4.74 Å². The molecule has 2 rings (SSSR count). The molecule has 3 heteroatoms. The van der Waals surface area contributed by atoms with Crippen LogP contribution in [0.4, 0.5) is 4.39 Å². The Hall–Kier alpha value is -1.09. The van der Waals surface area contributed by atoms with Gasteiger partial charge in [0.05, 0.1) is 0 Å². The third-order valence-electron chi connectivity index (χ3n) is 2.69. The maximum absolute atomic E-state index is 12.6. The monoisotopic (exact) mass is 209 g/mol. The Balaban J connectivity index is 1.71. The summed E-state index contributed by atoms with van der Waals surface area (Å²) >= 11 is 0. The minimum Gasteiger partial charge on any atom is -0.492 e. The summed E-state index contributed by atoms with van der Waals surface area (Å²) in [6, 6.07) is 6.18. The summed E-state index contributed by atoms with van der Waals surface area (Å²) in [7, 11) is 0. The van der Waals surface area contributed by atoms with E-state index in [9.17, 15) is 4.39 Å². The number of hydrogen-bond acceptors (Lipinski definition) is 2. The Bertz CT molecular complexity index is 293. The number of nitrogens with zero attached hydrogens (tertiary/aromatic N) is 1. The van der Waals surface area contributed by atoms with Crippen molar-refractivity contribution in [3.8, 4) is 5.75 Å². The van der Waals surface area contributed by atoms with Gasteiger partial charge in [0.15, 0.2) is 0 Å². The van der Waals surface area contributed by atoms with Crippen LogP contribution in [0.15, 0.2) is 24.3 Å². The van der Waals surface area contributed by atoms with E-state index in [-0.39, 0.29) is 5.82 Å². The average molecular weight is 209 g/mol. The van der Waals surface area contributed by atoms with Crippen LogP contribution in [0.1, 0.15) is 12.8 Å². The van der Waals surface area contributed by atoms with Gasteiger partial charge in [0, 0.05) is 6.54 Å². The van der Waals surface area contributed by atoms with Crippen LogP contribution in [-0.4, -0.2) is 31.1 Å². The predicted molar refractivity (Wildman–Crippen MR) is 57.6 cm³/mol. The molecule has 0 atom stereocenters. The van der Waals surface area contributed by atoms with E-state index in [1.165, 1.54) is 38.1 Å². The van der Waals surface area contributed by atoms with E-state index >= 15 is 0 Å². The van der Waals surface area contributed by atoms with Crippen LogP contribution in [-0.2, 0) is 0 Å². The Morgan fingerprint density at radius 2 is 1.80 bits per heavy atom. The zero-order valence-corrected chi connectivity index (χ0v) is 8.79. The molecule has 1 aromatic rings. The molecule has 0 saturated carbocycles. The Kier molecular flexibility index (Phi) is 3.56. The van der Waals surface area contributed by atoms with Crippen molar-refractivity contribution in [2.75, 3.05) is 26.2 Å². The van der Waals surface area contributed by atoms with E-state index in [2.05, 4.69) is 4.90 Å². The number of ether oxygens (including phenoxy) is 1. The molecule has 0 unspecified atom stereocenters. The normalized spacial score (nSPS) is 16.9. The topological polar surface area (TPSA) is 12.5 Å². The van der Waals surface area contributed by atoms with Gasteiger partial charge in [-0.15, -0.1) is 0 Å². The maximum Gasteiger partial charge on any atom is 0.123 e. The second-order valence-corrected chi connectivity index (χ2v) is 3.85. The summed E-state index contributed by atoms with van der Waals surface area (Å²) in [5.74, 6) is 0.525. The van der Waals surface area contributed by atoms with Crippen LogP contribution < -0.4 is 4.74 Å². The highest BCUT2D eigenvalue weighted by Crippen LogP contribution is 2.11. The minimum absolute atomic E-state index is 0.220. The fourth-order valence-electron chi connectivity index (χ4n) is 1.83. The van der Waals surface area contributed by atoms with Crippen LogP contribution in [0.5, 0.6) is 5.75 Å². The minimum atomic E-state index is -0.220. The van der Waals surface area contributed by atoms with Crippen LogP contribution in [0, 0.1) is 5.82 Å². The van der Waals surface area contributed by atoms with E-state index in [0.717, 1.165) is 12.3 Å². The number of rotatable bonds is 4. The fourth-order valence-corrected chi connectivity index (χ4v) is 1.83. The lowest BCUT2D eigenvalue weighted by Crippen LogP contribution is -2.25. The Morgan fingerprint density at radius 1 is 1.13 bits per heavy atom. The molecule has 0 spiro atoms. The summed E-state index contributed by atoms with van der Waals surface area (Å²) in [4.78, 5) is 2.39. The van der Waals surface area contributed by atoms with Crippen LogP contribution in [0.2, 0.25) is 0 Å². The van der Waals surface area contributed by atoms with Crippen LogP contribution >= 0.6 is 0 Å². The van der Waals surface area contributed by atoms with Gasteiger partial charge in [-0.1, -0.05) is 0 Å². The average Bonchev–Trinajstić information content (AvgIpc) is 2.74. The van der Waals surface area contributed by atoms with Crippen molar-refractivity contribution in [1.29, 1.82) is 0 Å². The smallest absolute Gasteiger partial charge is 0.123 e. The molecule has 1 saturated heterocycles. The highest BCUT2D eigenvalue weighted by atomic mass is 19.1. The molecule has 0 amide bonds. The van der Waals surface area contributed by atoms with E-state index < -0.39 is 0 Å². The maximum atomic E-state index is 12.6. The molecular formula is C12H16FNO. The largest absolute Gasteiger partial charge is 0.492 e. The Labute approximate surface area is 89.7 Å². The third-order valence-corrected chi connectivity index (χ3v) is 2.69. The molecular weight excluding hydrogens is 193 g/mol. The first-order valence-corrected chi connectivity index (χ1v) is 5.45. The molecule has 0 radical (unpaired) electrons. The first-order chi connectivity index (χ1) is 7.34. The van der Waals surface area contributed by atoms with Gasteiger partial charge in [-0.2, -0.15) is 0 Å².